The molecule has 2 N–H and O–H groups in total. The molecule has 1 saturated carbocycles. The number of ether oxygens (including phenoxy) is 1. The molecule has 1 aliphatic rings. The lowest BCUT2D eigenvalue weighted by atomic mass is 9.86. The topological polar surface area (TPSA) is 55.6 Å². The third kappa shape index (κ3) is 4.25. The predicted molar refractivity (Wildman–Crippen MR) is 73.3 cm³/mol. The van der Waals surface area contributed by atoms with Crippen LogP contribution in [0.15, 0.2) is 0 Å². The van der Waals surface area contributed by atoms with Crippen molar-refractivity contribution < 1.29 is 9.53 Å². The summed E-state index contributed by atoms with van der Waals surface area (Å²) in [6.07, 6.45) is 5.82. The highest BCUT2D eigenvalue weighted by molar-refractivity contribution is 5.79. The maximum absolute atomic E-state index is 11.5. The molecule has 0 amide bonds. The highest BCUT2D eigenvalue weighted by atomic mass is 16.5. The smallest absolute Gasteiger partial charge is 0.325 e. The van der Waals surface area contributed by atoms with Crippen molar-refractivity contribution in [2.24, 2.45) is 11.7 Å². The van der Waals surface area contributed by atoms with Crippen LogP contribution in [0.4, 0.5) is 0 Å². The van der Waals surface area contributed by atoms with E-state index < -0.39 is 5.54 Å². The van der Waals surface area contributed by atoms with Gasteiger partial charge in [0.1, 0.15) is 5.54 Å². The Morgan fingerprint density at radius 2 is 2.17 bits per heavy atom. The molecular formula is C14H28N2O2. The minimum absolute atomic E-state index is 0.326. The first-order valence-electron chi connectivity index (χ1n) is 6.94. The van der Waals surface area contributed by atoms with Gasteiger partial charge in [0.05, 0.1) is 7.11 Å². The van der Waals surface area contributed by atoms with E-state index >= 15 is 0 Å². The lowest BCUT2D eigenvalue weighted by Crippen LogP contribution is -2.49. The van der Waals surface area contributed by atoms with Crippen molar-refractivity contribution in [1.29, 1.82) is 0 Å². The first-order valence-corrected chi connectivity index (χ1v) is 6.94. The monoisotopic (exact) mass is 256 g/mol. The van der Waals surface area contributed by atoms with Gasteiger partial charge >= 0.3 is 5.97 Å². The van der Waals surface area contributed by atoms with Gasteiger partial charge in [-0.3, -0.25) is 4.79 Å². The van der Waals surface area contributed by atoms with E-state index in [2.05, 4.69) is 18.9 Å². The number of esters is 1. The molecule has 1 aliphatic carbocycles. The number of nitrogens with two attached hydrogens (primary N) is 1. The maximum Gasteiger partial charge on any atom is 0.325 e. The molecule has 106 valence electrons. The van der Waals surface area contributed by atoms with Crippen molar-refractivity contribution in [1.82, 2.24) is 4.90 Å². The summed E-state index contributed by atoms with van der Waals surface area (Å²) in [7, 11) is 3.52. The molecule has 0 aromatic rings. The van der Waals surface area contributed by atoms with Crippen LogP contribution in [0.25, 0.3) is 0 Å². The summed E-state index contributed by atoms with van der Waals surface area (Å²) in [5.74, 6) is 0.490. The van der Waals surface area contributed by atoms with Crippen LogP contribution in [0.5, 0.6) is 0 Å². The maximum atomic E-state index is 11.5. The molecule has 3 atom stereocenters. The lowest BCUT2D eigenvalue weighted by molar-refractivity contribution is -0.146. The molecule has 4 nitrogen and oxygen atoms in total. The third-order valence-corrected chi connectivity index (χ3v) is 4.17. The van der Waals surface area contributed by atoms with Crippen molar-refractivity contribution in [3.8, 4) is 0 Å². The summed E-state index contributed by atoms with van der Waals surface area (Å²) < 4.78 is 4.73. The fourth-order valence-electron chi connectivity index (χ4n) is 2.73. The van der Waals surface area contributed by atoms with Crippen LogP contribution in [-0.2, 0) is 9.53 Å². The van der Waals surface area contributed by atoms with Crippen LogP contribution in [0.1, 0.15) is 46.0 Å². The second-order valence-electron chi connectivity index (χ2n) is 6.07. The van der Waals surface area contributed by atoms with E-state index in [1.165, 1.54) is 32.8 Å². The van der Waals surface area contributed by atoms with Crippen LogP contribution in [0.2, 0.25) is 0 Å². The van der Waals surface area contributed by atoms with Gasteiger partial charge in [0.15, 0.2) is 0 Å². The number of hydrogen-bond donors (Lipinski definition) is 1. The van der Waals surface area contributed by atoms with Gasteiger partial charge in [0.2, 0.25) is 0 Å². The molecule has 4 heteroatoms. The van der Waals surface area contributed by atoms with E-state index in [4.69, 9.17) is 10.5 Å². The summed E-state index contributed by atoms with van der Waals surface area (Å²) in [4.78, 5) is 13.9. The van der Waals surface area contributed by atoms with Gasteiger partial charge in [-0.2, -0.15) is 0 Å². The molecule has 0 aromatic heterocycles. The summed E-state index contributed by atoms with van der Waals surface area (Å²) >= 11 is 0. The van der Waals surface area contributed by atoms with E-state index in [-0.39, 0.29) is 5.97 Å². The number of nitrogens with zero attached hydrogens (tertiary/aromatic N) is 1. The normalized spacial score (nSPS) is 27.9. The average Bonchev–Trinajstić information content (AvgIpc) is 2.35. The molecule has 18 heavy (non-hydrogen) atoms. The highest BCUT2D eigenvalue weighted by Gasteiger charge is 2.30. The Hall–Kier alpha value is -0.610. The Labute approximate surface area is 111 Å². The SMILES string of the molecule is COC(=O)C(C)(N)CCN(C)C1CCCC(C)C1. The molecule has 0 radical (unpaired) electrons. The molecule has 0 saturated heterocycles. The van der Waals surface area contributed by atoms with Gasteiger partial charge in [0.25, 0.3) is 0 Å². The van der Waals surface area contributed by atoms with E-state index in [1.807, 2.05) is 0 Å². The number of carbonyl (C=O) groups is 1. The van der Waals surface area contributed by atoms with Crippen molar-refractivity contribution in [3.63, 3.8) is 0 Å². The van der Waals surface area contributed by atoms with Crippen molar-refractivity contribution >= 4 is 5.97 Å². The molecule has 0 aliphatic heterocycles. The third-order valence-electron chi connectivity index (χ3n) is 4.17. The zero-order chi connectivity index (χ0) is 13.8. The zero-order valence-corrected chi connectivity index (χ0v) is 12.2. The Kier molecular flexibility index (Phi) is 5.60. The van der Waals surface area contributed by atoms with Gasteiger partial charge in [-0.15, -0.1) is 0 Å². The van der Waals surface area contributed by atoms with Crippen molar-refractivity contribution in [2.45, 2.75) is 57.5 Å². The van der Waals surface area contributed by atoms with E-state index in [9.17, 15) is 4.79 Å². The molecule has 0 heterocycles. The van der Waals surface area contributed by atoms with E-state index in [0.29, 0.717) is 12.5 Å². The number of hydrogen-bond acceptors (Lipinski definition) is 4. The van der Waals surface area contributed by atoms with Crippen LogP contribution in [-0.4, -0.2) is 43.2 Å². The summed E-state index contributed by atoms with van der Waals surface area (Å²) in [6, 6.07) is 0.641. The van der Waals surface area contributed by atoms with Crippen LogP contribution in [0.3, 0.4) is 0 Å². The van der Waals surface area contributed by atoms with Gasteiger partial charge in [-0.25, -0.2) is 0 Å². The summed E-state index contributed by atoms with van der Waals surface area (Å²) in [6.45, 7) is 4.91. The first-order chi connectivity index (χ1) is 8.36. The number of carbonyl (C=O) groups excluding carboxylic acids is 1. The number of rotatable bonds is 5. The highest BCUT2D eigenvalue weighted by Crippen LogP contribution is 2.27. The minimum atomic E-state index is -0.872. The molecular weight excluding hydrogens is 228 g/mol. The quantitative estimate of drug-likeness (QED) is 0.762. The summed E-state index contributed by atoms with van der Waals surface area (Å²) in [5.41, 5.74) is 5.10. The number of methoxy groups -OCH3 is 1. The largest absolute Gasteiger partial charge is 0.468 e. The molecule has 3 unspecified atom stereocenters. The molecule has 0 spiro atoms. The summed E-state index contributed by atoms with van der Waals surface area (Å²) in [5, 5.41) is 0. The van der Waals surface area contributed by atoms with E-state index in [0.717, 1.165) is 12.5 Å². The molecule has 0 bridgehead atoms. The van der Waals surface area contributed by atoms with Crippen LogP contribution in [0, 0.1) is 5.92 Å². The van der Waals surface area contributed by atoms with Crippen LogP contribution >= 0.6 is 0 Å². The van der Waals surface area contributed by atoms with Crippen LogP contribution < -0.4 is 5.73 Å². The fraction of sp³-hybridized carbons (Fsp3) is 0.929. The standard InChI is InChI=1S/C14H28N2O2/c1-11-6-5-7-12(10-11)16(3)9-8-14(2,15)13(17)18-4/h11-12H,5-10,15H2,1-4H3. The second-order valence-corrected chi connectivity index (χ2v) is 6.07. The Balaban J connectivity index is 2.40. The van der Waals surface area contributed by atoms with Gasteiger partial charge in [-0.05, 0) is 39.2 Å². The van der Waals surface area contributed by atoms with Crippen molar-refractivity contribution in [3.05, 3.63) is 0 Å². The second kappa shape index (κ2) is 6.53. The Morgan fingerprint density at radius 1 is 1.50 bits per heavy atom. The molecule has 0 aromatic carbocycles. The van der Waals surface area contributed by atoms with E-state index in [1.54, 1.807) is 6.92 Å². The average molecular weight is 256 g/mol. The Bertz CT molecular complexity index is 279. The predicted octanol–water partition coefficient (Wildman–Crippen LogP) is 1.78. The molecule has 1 fully saturated rings. The fourth-order valence-corrected chi connectivity index (χ4v) is 2.73. The van der Waals surface area contributed by atoms with Crippen molar-refractivity contribution in [2.75, 3.05) is 20.7 Å². The van der Waals surface area contributed by atoms with Gasteiger partial charge < -0.3 is 15.4 Å². The van der Waals surface area contributed by atoms with Gasteiger partial charge in [-0.1, -0.05) is 19.8 Å². The molecule has 1 rings (SSSR count). The Morgan fingerprint density at radius 3 is 2.72 bits per heavy atom. The zero-order valence-electron chi connectivity index (χ0n) is 12.2. The van der Waals surface area contributed by atoms with Gasteiger partial charge in [0, 0.05) is 12.6 Å². The first kappa shape index (κ1) is 15.4. The lowest BCUT2D eigenvalue weighted by Gasteiger charge is -2.35. The minimum Gasteiger partial charge on any atom is -0.468 e.